The van der Waals surface area contributed by atoms with E-state index in [4.69, 9.17) is 4.74 Å². The summed E-state index contributed by atoms with van der Waals surface area (Å²) in [7, 11) is 3.78. The lowest BCUT2D eigenvalue weighted by atomic mass is 10.4. The number of allylic oxidation sites excluding steroid dienone is 1. The molecule has 0 aromatic heterocycles. The maximum Gasteiger partial charge on any atom is 0.107 e. The second-order valence-electron chi connectivity index (χ2n) is 2.65. The van der Waals surface area contributed by atoms with Crippen LogP contribution in [0.5, 0.6) is 0 Å². The van der Waals surface area contributed by atoms with Crippen LogP contribution in [-0.2, 0) is 4.74 Å². The van der Waals surface area contributed by atoms with Crippen LogP contribution in [0.15, 0.2) is 12.2 Å². The van der Waals surface area contributed by atoms with Crippen LogP contribution in [0.25, 0.3) is 0 Å². The molecule has 0 unspecified atom stereocenters. The molecule has 11 heavy (non-hydrogen) atoms. The molecule has 0 amide bonds. The predicted octanol–water partition coefficient (Wildman–Crippen LogP) is 1.88. The third-order valence-corrected chi connectivity index (χ3v) is 1.76. The van der Waals surface area contributed by atoms with Gasteiger partial charge in [0.25, 0.3) is 0 Å². The lowest BCUT2D eigenvalue weighted by Gasteiger charge is -2.21. The Labute approximate surface area is 69.8 Å². The van der Waals surface area contributed by atoms with E-state index in [1.54, 1.807) is 7.11 Å². The van der Waals surface area contributed by atoms with Crippen molar-refractivity contribution in [1.82, 2.24) is 4.90 Å². The highest BCUT2D eigenvalue weighted by Crippen LogP contribution is 1.95. The van der Waals surface area contributed by atoms with Gasteiger partial charge in [-0.1, -0.05) is 19.1 Å². The summed E-state index contributed by atoms with van der Waals surface area (Å²) in [5.41, 5.74) is 0. The van der Waals surface area contributed by atoms with Crippen molar-refractivity contribution < 1.29 is 4.74 Å². The summed E-state index contributed by atoms with van der Waals surface area (Å²) >= 11 is 0. The average molecular weight is 157 g/mol. The summed E-state index contributed by atoms with van der Waals surface area (Å²) in [5, 5.41) is 0. The van der Waals surface area contributed by atoms with Gasteiger partial charge in [-0.25, -0.2) is 0 Å². The number of methoxy groups -OCH3 is 1. The van der Waals surface area contributed by atoms with Gasteiger partial charge in [0, 0.05) is 13.7 Å². The molecule has 2 nitrogen and oxygen atoms in total. The quantitative estimate of drug-likeness (QED) is 0.446. The number of likely N-dealkylation sites (N-methyl/N-ethyl adjacent to an activating group) is 1. The first-order chi connectivity index (χ1) is 5.22. The maximum atomic E-state index is 5.13. The highest BCUT2D eigenvalue weighted by Gasteiger charge is 2.03. The minimum absolute atomic E-state index is 0.205. The first kappa shape index (κ1) is 10.7. The Kier molecular flexibility index (Phi) is 6.18. The van der Waals surface area contributed by atoms with E-state index in [9.17, 15) is 0 Å². The normalized spacial score (nSPS) is 14.6. The molecule has 0 rings (SSSR count). The molecule has 1 atom stereocenters. The molecule has 0 spiro atoms. The third kappa shape index (κ3) is 4.99. The second kappa shape index (κ2) is 6.38. The van der Waals surface area contributed by atoms with E-state index >= 15 is 0 Å². The summed E-state index contributed by atoms with van der Waals surface area (Å²) in [4.78, 5) is 2.14. The molecule has 0 saturated carbocycles. The summed E-state index contributed by atoms with van der Waals surface area (Å²) in [6.07, 6.45) is 5.64. The molecular formula is C9H19NO. The van der Waals surface area contributed by atoms with E-state index in [1.807, 2.05) is 14.0 Å². The maximum absolute atomic E-state index is 5.13. The highest BCUT2D eigenvalue weighted by atomic mass is 16.5. The van der Waals surface area contributed by atoms with Crippen molar-refractivity contribution >= 4 is 0 Å². The Morgan fingerprint density at radius 3 is 2.55 bits per heavy atom. The average Bonchev–Trinajstić information content (AvgIpc) is 2.03. The Morgan fingerprint density at radius 2 is 2.09 bits per heavy atom. The van der Waals surface area contributed by atoms with Crippen molar-refractivity contribution in [3.8, 4) is 0 Å². The number of hydrogen-bond acceptors (Lipinski definition) is 2. The number of hydrogen-bond donors (Lipinski definition) is 0. The van der Waals surface area contributed by atoms with Crippen LogP contribution in [0.2, 0.25) is 0 Å². The second-order valence-corrected chi connectivity index (χ2v) is 2.65. The van der Waals surface area contributed by atoms with Crippen LogP contribution >= 0.6 is 0 Å². The Hall–Kier alpha value is -0.340. The number of nitrogens with zero attached hydrogens (tertiary/aromatic N) is 1. The summed E-state index contributed by atoms with van der Waals surface area (Å²) < 4.78 is 5.13. The smallest absolute Gasteiger partial charge is 0.107 e. The van der Waals surface area contributed by atoms with E-state index in [0.717, 1.165) is 13.0 Å². The van der Waals surface area contributed by atoms with Crippen molar-refractivity contribution in [1.29, 1.82) is 0 Å². The summed E-state index contributed by atoms with van der Waals surface area (Å²) in [5.74, 6) is 0. The molecule has 2 heteroatoms. The first-order valence-corrected chi connectivity index (χ1v) is 4.10. The van der Waals surface area contributed by atoms with Crippen LogP contribution in [0.3, 0.4) is 0 Å². The van der Waals surface area contributed by atoms with Crippen molar-refractivity contribution in [2.45, 2.75) is 26.5 Å². The van der Waals surface area contributed by atoms with Crippen LogP contribution in [0.1, 0.15) is 20.3 Å². The molecule has 0 heterocycles. The molecule has 0 saturated heterocycles. The standard InChI is InChI=1S/C9H19NO/c1-5-6-7-8-10(3)9(2)11-4/h6-7,9H,5,8H2,1-4H3/b7-6-/t9-/m0/s1. The molecule has 0 aromatic rings. The zero-order valence-electron chi connectivity index (χ0n) is 8.00. The van der Waals surface area contributed by atoms with Crippen LogP contribution < -0.4 is 0 Å². The molecule has 66 valence electrons. The Balaban J connectivity index is 3.50. The van der Waals surface area contributed by atoms with Gasteiger partial charge in [0.1, 0.15) is 6.23 Å². The van der Waals surface area contributed by atoms with Crippen molar-refractivity contribution in [3.63, 3.8) is 0 Å². The zero-order chi connectivity index (χ0) is 8.69. The van der Waals surface area contributed by atoms with Crippen LogP contribution in [0.4, 0.5) is 0 Å². The molecule has 0 N–H and O–H groups in total. The van der Waals surface area contributed by atoms with Crippen LogP contribution in [-0.4, -0.2) is 31.8 Å². The monoisotopic (exact) mass is 157 g/mol. The van der Waals surface area contributed by atoms with Gasteiger partial charge in [-0.05, 0) is 20.4 Å². The molecule has 0 aliphatic heterocycles. The lowest BCUT2D eigenvalue weighted by Crippen LogP contribution is -2.30. The van der Waals surface area contributed by atoms with E-state index in [1.165, 1.54) is 0 Å². The molecule has 0 aliphatic carbocycles. The van der Waals surface area contributed by atoms with Crippen LogP contribution in [0, 0.1) is 0 Å². The fourth-order valence-corrected chi connectivity index (χ4v) is 0.736. The van der Waals surface area contributed by atoms with Crippen molar-refractivity contribution in [2.24, 2.45) is 0 Å². The Morgan fingerprint density at radius 1 is 1.45 bits per heavy atom. The lowest BCUT2D eigenvalue weighted by molar-refractivity contribution is 0.00313. The van der Waals surface area contributed by atoms with E-state index < -0.39 is 0 Å². The SMILES string of the molecule is CC/C=C\CN(C)[C@H](C)OC. The van der Waals surface area contributed by atoms with Gasteiger partial charge in [-0.2, -0.15) is 0 Å². The van der Waals surface area contributed by atoms with Crippen molar-refractivity contribution in [2.75, 3.05) is 20.7 Å². The van der Waals surface area contributed by atoms with Gasteiger partial charge in [0.05, 0.1) is 0 Å². The number of ether oxygens (including phenoxy) is 1. The molecule has 0 aliphatic rings. The van der Waals surface area contributed by atoms with E-state index in [2.05, 4.69) is 24.0 Å². The van der Waals surface area contributed by atoms with Gasteiger partial charge in [0.15, 0.2) is 0 Å². The third-order valence-electron chi connectivity index (χ3n) is 1.76. The van der Waals surface area contributed by atoms with E-state index in [-0.39, 0.29) is 6.23 Å². The van der Waals surface area contributed by atoms with Gasteiger partial charge >= 0.3 is 0 Å². The highest BCUT2D eigenvalue weighted by molar-refractivity contribution is 4.83. The summed E-state index contributed by atoms with van der Waals surface area (Å²) in [6.45, 7) is 5.14. The van der Waals surface area contributed by atoms with E-state index in [0.29, 0.717) is 0 Å². The van der Waals surface area contributed by atoms with Crippen molar-refractivity contribution in [3.05, 3.63) is 12.2 Å². The number of rotatable bonds is 5. The fourth-order valence-electron chi connectivity index (χ4n) is 0.736. The minimum Gasteiger partial charge on any atom is -0.367 e. The topological polar surface area (TPSA) is 12.5 Å². The molecular weight excluding hydrogens is 138 g/mol. The van der Waals surface area contributed by atoms with Gasteiger partial charge < -0.3 is 4.74 Å². The van der Waals surface area contributed by atoms with Gasteiger partial charge in [-0.3, -0.25) is 4.90 Å². The first-order valence-electron chi connectivity index (χ1n) is 4.10. The molecule has 0 radical (unpaired) electrons. The molecule has 0 fully saturated rings. The predicted molar refractivity (Wildman–Crippen MR) is 48.5 cm³/mol. The molecule has 0 bridgehead atoms. The largest absolute Gasteiger partial charge is 0.367 e. The van der Waals surface area contributed by atoms with Gasteiger partial charge in [0.2, 0.25) is 0 Å². The molecule has 0 aromatic carbocycles. The minimum atomic E-state index is 0.205. The Bertz CT molecular complexity index is 112. The zero-order valence-corrected chi connectivity index (χ0v) is 8.00. The fraction of sp³-hybridized carbons (Fsp3) is 0.778. The summed E-state index contributed by atoms with van der Waals surface area (Å²) in [6, 6.07) is 0. The van der Waals surface area contributed by atoms with Gasteiger partial charge in [-0.15, -0.1) is 0 Å².